The third kappa shape index (κ3) is 4.71. The Balaban J connectivity index is 1.87. The second-order valence-corrected chi connectivity index (χ2v) is 4.81. The molecule has 118 valence electrons. The van der Waals surface area contributed by atoms with Crippen molar-refractivity contribution in [1.29, 1.82) is 5.26 Å². The Bertz CT molecular complexity index is 714. The topological polar surface area (TPSA) is 65.4 Å². The van der Waals surface area contributed by atoms with Crippen molar-refractivity contribution in [2.75, 3.05) is 25.5 Å². The molecule has 0 aromatic heterocycles. The Morgan fingerprint density at radius 1 is 1.30 bits per heavy atom. The average molecular weight is 313 g/mol. The molecule has 6 heteroatoms. The molecule has 0 fully saturated rings. The van der Waals surface area contributed by atoms with Gasteiger partial charge in [0.25, 0.3) is 0 Å². The first-order valence-electron chi connectivity index (χ1n) is 7.00. The van der Waals surface area contributed by atoms with Crippen molar-refractivity contribution < 1.29 is 13.9 Å². The smallest absolute Gasteiger partial charge is 0.321 e. The molecule has 0 atom stereocenters. The number of halogens is 1. The molecule has 0 saturated heterocycles. The maximum Gasteiger partial charge on any atom is 0.321 e. The minimum Gasteiger partial charge on any atom is -0.492 e. The van der Waals surface area contributed by atoms with Crippen molar-refractivity contribution in [2.24, 2.45) is 0 Å². The number of nitrogens with zero attached hydrogens (tertiary/aromatic N) is 2. The van der Waals surface area contributed by atoms with Crippen LogP contribution in [0.25, 0.3) is 0 Å². The molecule has 0 unspecified atom stereocenters. The van der Waals surface area contributed by atoms with Crippen molar-refractivity contribution in [3.8, 4) is 11.8 Å². The highest BCUT2D eigenvalue weighted by Gasteiger charge is 2.12. The van der Waals surface area contributed by atoms with Gasteiger partial charge in [0.2, 0.25) is 0 Å². The van der Waals surface area contributed by atoms with Crippen LogP contribution in [-0.4, -0.2) is 31.1 Å². The summed E-state index contributed by atoms with van der Waals surface area (Å²) < 4.78 is 18.6. The fraction of sp³-hybridized carbons (Fsp3) is 0.176. The number of nitrogens with one attached hydrogen (secondary N) is 1. The molecule has 0 spiro atoms. The minimum absolute atomic E-state index is 0.0762. The van der Waals surface area contributed by atoms with Crippen LogP contribution < -0.4 is 10.1 Å². The van der Waals surface area contributed by atoms with Crippen molar-refractivity contribution in [2.45, 2.75) is 0 Å². The predicted molar refractivity (Wildman–Crippen MR) is 84.7 cm³/mol. The van der Waals surface area contributed by atoms with Crippen LogP contribution in [0.15, 0.2) is 48.5 Å². The zero-order chi connectivity index (χ0) is 16.7. The number of likely N-dealkylation sites (N-methyl/N-ethyl adjacent to an activating group) is 1. The lowest BCUT2D eigenvalue weighted by Crippen LogP contribution is -2.34. The molecular weight excluding hydrogens is 297 g/mol. The number of amides is 2. The van der Waals surface area contributed by atoms with Gasteiger partial charge in [0, 0.05) is 7.05 Å². The molecule has 0 bridgehead atoms. The maximum atomic E-state index is 13.1. The molecule has 0 heterocycles. The number of rotatable bonds is 5. The van der Waals surface area contributed by atoms with Crippen LogP contribution in [0.4, 0.5) is 14.9 Å². The van der Waals surface area contributed by atoms with Crippen LogP contribution in [0, 0.1) is 17.1 Å². The highest BCUT2D eigenvalue weighted by Crippen LogP contribution is 2.16. The molecule has 0 aliphatic heterocycles. The molecule has 5 nitrogen and oxygen atoms in total. The van der Waals surface area contributed by atoms with E-state index in [0.717, 1.165) is 11.8 Å². The first-order valence-corrected chi connectivity index (χ1v) is 7.00. The Morgan fingerprint density at radius 2 is 2.04 bits per heavy atom. The zero-order valence-corrected chi connectivity index (χ0v) is 12.6. The number of carbonyl (C=O) groups excluding carboxylic acids is 1. The maximum absolute atomic E-state index is 13.1. The average Bonchev–Trinajstić information content (AvgIpc) is 2.57. The molecule has 1 N–H and O–H groups in total. The van der Waals surface area contributed by atoms with Gasteiger partial charge in [-0.15, -0.1) is 0 Å². The molecule has 2 amide bonds. The van der Waals surface area contributed by atoms with E-state index in [9.17, 15) is 9.18 Å². The van der Waals surface area contributed by atoms with Crippen LogP contribution in [-0.2, 0) is 0 Å². The zero-order valence-electron chi connectivity index (χ0n) is 12.6. The number of anilines is 1. The van der Waals surface area contributed by atoms with Gasteiger partial charge in [0.1, 0.15) is 24.2 Å². The predicted octanol–water partition coefficient (Wildman–Crippen LogP) is 3.24. The lowest BCUT2D eigenvalue weighted by atomic mass is 10.2. The molecule has 0 aliphatic carbocycles. The summed E-state index contributed by atoms with van der Waals surface area (Å²) in [6.07, 6.45) is 0. The third-order valence-corrected chi connectivity index (χ3v) is 3.13. The summed E-state index contributed by atoms with van der Waals surface area (Å²) in [5.74, 6) is 0.204. The van der Waals surface area contributed by atoms with E-state index < -0.39 is 11.8 Å². The number of hydrogen-bond acceptors (Lipinski definition) is 3. The summed E-state index contributed by atoms with van der Waals surface area (Å²) in [6.45, 7) is 0.701. The van der Waals surface area contributed by atoms with Gasteiger partial charge >= 0.3 is 6.03 Å². The molecule has 0 saturated carbocycles. The van der Waals surface area contributed by atoms with Gasteiger partial charge in [0.05, 0.1) is 17.8 Å². The summed E-state index contributed by atoms with van der Waals surface area (Å²) >= 11 is 0. The highest BCUT2D eigenvalue weighted by molar-refractivity contribution is 5.90. The third-order valence-electron chi connectivity index (χ3n) is 3.13. The molecule has 2 aromatic carbocycles. The van der Waals surface area contributed by atoms with Crippen LogP contribution in [0.3, 0.4) is 0 Å². The SMILES string of the molecule is CN(CCOc1ccccc1)C(=O)Nc1ccc(F)cc1C#N. The Kier molecular flexibility index (Phi) is 5.53. The van der Waals surface area contributed by atoms with Crippen molar-refractivity contribution in [3.05, 3.63) is 59.9 Å². The van der Waals surface area contributed by atoms with E-state index in [1.165, 1.54) is 17.0 Å². The van der Waals surface area contributed by atoms with E-state index >= 15 is 0 Å². The molecule has 0 radical (unpaired) electrons. The number of urea groups is 1. The van der Waals surface area contributed by atoms with Gasteiger partial charge in [-0.25, -0.2) is 9.18 Å². The van der Waals surface area contributed by atoms with Gasteiger partial charge in [-0.05, 0) is 30.3 Å². The van der Waals surface area contributed by atoms with Crippen LogP contribution >= 0.6 is 0 Å². The number of nitriles is 1. The van der Waals surface area contributed by atoms with Gasteiger partial charge in [-0.3, -0.25) is 0 Å². The van der Waals surface area contributed by atoms with E-state index in [1.807, 2.05) is 36.4 Å². The summed E-state index contributed by atoms with van der Waals surface area (Å²) in [7, 11) is 1.61. The minimum atomic E-state index is -0.524. The van der Waals surface area contributed by atoms with Gasteiger partial charge < -0.3 is 15.0 Å². The lowest BCUT2D eigenvalue weighted by Gasteiger charge is -2.18. The number of hydrogen-bond donors (Lipinski definition) is 1. The normalized spacial score (nSPS) is 9.78. The first kappa shape index (κ1) is 16.3. The largest absolute Gasteiger partial charge is 0.492 e. The summed E-state index contributed by atoms with van der Waals surface area (Å²) in [6, 6.07) is 14.4. The Hall–Kier alpha value is -3.07. The second-order valence-electron chi connectivity index (χ2n) is 4.81. The number of para-hydroxylation sites is 1. The highest BCUT2D eigenvalue weighted by atomic mass is 19.1. The lowest BCUT2D eigenvalue weighted by molar-refractivity contribution is 0.207. The van der Waals surface area contributed by atoms with Crippen molar-refractivity contribution >= 4 is 11.7 Å². The van der Waals surface area contributed by atoms with Crippen molar-refractivity contribution in [3.63, 3.8) is 0 Å². The van der Waals surface area contributed by atoms with E-state index in [4.69, 9.17) is 10.00 Å². The summed E-state index contributed by atoms with van der Waals surface area (Å²) in [5, 5.41) is 11.5. The van der Waals surface area contributed by atoms with E-state index in [0.29, 0.717) is 13.2 Å². The standard InChI is InChI=1S/C17H16FN3O2/c1-21(9-10-23-15-5-3-2-4-6-15)17(22)20-16-8-7-14(18)11-13(16)12-19/h2-8,11H,9-10H2,1H3,(H,20,22). The molecule has 2 aromatic rings. The summed E-state index contributed by atoms with van der Waals surface area (Å²) in [5.41, 5.74) is 0.349. The number of carbonyl (C=O) groups is 1. The van der Waals surface area contributed by atoms with Gasteiger partial charge in [-0.1, -0.05) is 18.2 Å². The number of benzene rings is 2. The first-order chi connectivity index (χ1) is 11.1. The van der Waals surface area contributed by atoms with E-state index in [2.05, 4.69) is 5.32 Å². The van der Waals surface area contributed by atoms with Gasteiger partial charge in [0.15, 0.2) is 0 Å². The van der Waals surface area contributed by atoms with Crippen LogP contribution in [0.5, 0.6) is 5.75 Å². The van der Waals surface area contributed by atoms with E-state index in [1.54, 1.807) is 7.05 Å². The molecule has 23 heavy (non-hydrogen) atoms. The number of ether oxygens (including phenoxy) is 1. The molecule has 2 rings (SSSR count). The Labute approximate surface area is 133 Å². The molecule has 0 aliphatic rings. The van der Waals surface area contributed by atoms with Crippen molar-refractivity contribution in [1.82, 2.24) is 4.90 Å². The van der Waals surface area contributed by atoms with Gasteiger partial charge in [-0.2, -0.15) is 5.26 Å². The fourth-order valence-electron chi connectivity index (χ4n) is 1.85. The Morgan fingerprint density at radius 3 is 2.74 bits per heavy atom. The monoisotopic (exact) mass is 313 g/mol. The quantitative estimate of drug-likeness (QED) is 0.921. The van der Waals surface area contributed by atoms with Crippen LogP contribution in [0.2, 0.25) is 0 Å². The summed E-state index contributed by atoms with van der Waals surface area (Å²) in [4.78, 5) is 13.5. The van der Waals surface area contributed by atoms with E-state index in [-0.39, 0.29) is 11.3 Å². The second kappa shape index (κ2) is 7.80. The fourth-order valence-corrected chi connectivity index (χ4v) is 1.85. The molecular formula is C17H16FN3O2. The van der Waals surface area contributed by atoms with Crippen LogP contribution in [0.1, 0.15) is 5.56 Å².